The molecule has 156 valence electrons. The van der Waals surface area contributed by atoms with Gasteiger partial charge in [0.05, 0.1) is 11.1 Å². The summed E-state index contributed by atoms with van der Waals surface area (Å²) in [4.78, 5) is 14.4. The van der Waals surface area contributed by atoms with Crippen LogP contribution in [0.1, 0.15) is 32.6 Å². The minimum atomic E-state index is -0.154. The number of anilines is 1. The summed E-state index contributed by atoms with van der Waals surface area (Å²) < 4.78 is 0. The number of aromatic nitrogens is 2. The van der Waals surface area contributed by atoms with E-state index >= 15 is 0 Å². The van der Waals surface area contributed by atoms with Crippen LogP contribution in [0.5, 0.6) is 0 Å². The quantitative estimate of drug-likeness (QED) is 0.461. The van der Waals surface area contributed by atoms with E-state index in [1.165, 1.54) is 32.4 Å². The Morgan fingerprint density at radius 1 is 1.00 bits per heavy atom. The van der Waals surface area contributed by atoms with Crippen molar-refractivity contribution in [2.75, 3.05) is 32.0 Å². The minimum absolute atomic E-state index is 0. The maximum Gasteiger partial charge on any atom is 0.272 e. The van der Waals surface area contributed by atoms with Crippen LogP contribution < -0.4 is 10.9 Å². The zero-order valence-corrected chi connectivity index (χ0v) is 18.1. The number of fused-ring (bicyclic) bond motifs is 1. The number of unbranched alkanes of at least 4 members (excludes halogenated alkanes) is 2. The maximum absolute atomic E-state index is 12.0. The predicted octanol–water partition coefficient (Wildman–Crippen LogP) is 4.94. The summed E-state index contributed by atoms with van der Waals surface area (Å²) in [5.74, 6) is 0. The first-order chi connectivity index (χ1) is 13.7. The van der Waals surface area contributed by atoms with Gasteiger partial charge in [0.2, 0.25) is 0 Å². The molecule has 2 N–H and O–H groups in total. The van der Waals surface area contributed by atoms with Gasteiger partial charge in [-0.1, -0.05) is 43.7 Å². The largest absolute Gasteiger partial charge is 0.385 e. The van der Waals surface area contributed by atoms with Crippen LogP contribution in [0.4, 0.5) is 5.69 Å². The van der Waals surface area contributed by atoms with Gasteiger partial charge in [0.1, 0.15) is 0 Å². The fraction of sp³-hybridized carbons (Fsp3) is 0.391. The lowest BCUT2D eigenvalue weighted by Crippen LogP contribution is -2.20. The number of halogens is 1. The van der Waals surface area contributed by atoms with Crippen molar-refractivity contribution in [3.05, 3.63) is 58.9 Å². The molecule has 0 atom stereocenters. The van der Waals surface area contributed by atoms with Crippen LogP contribution in [0, 0.1) is 0 Å². The summed E-state index contributed by atoms with van der Waals surface area (Å²) in [6.07, 6.45) is 4.84. The van der Waals surface area contributed by atoms with Crippen molar-refractivity contribution >= 4 is 28.9 Å². The van der Waals surface area contributed by atoms with E-state index in [4.69, 9.17) is 0 Å². The van der Waals surface area contributed by atoms with E-state index in [1.54, 1.807) is 0 Å². The molecule has 0 saturated heterocycles. The van der Waals surface area contributed by atoms with Gasteiger partial charge in [-0.3, -0.25) is 4.79 Å². The Labute approximate surface area is 178 Å². The van der Waals surface area contributed by atoms with Crippen LogP contribution in [0.15, 0.2) is 53.3 Å². The second kappa shape index (κ2) is 11.6. The van der Waals surface area contributed by atoms with Crippen molar-refractivity contribution in [2.45, 2.75) is 32.6 Å². The van der Waals surface area contributed by atoms with Crippen LogP contribution in [0.25, 0.3) is 22.0 Å². The lowest BCUT2D eigenvalue weighted by Gasteiger charge is -2.15. The van der Waals surface area contributed by atoms with Gasteiger partial charge >= 0.3 is 0 Å². The highest BCUT2D eigenvalue weighted by Gasteiger charge is 2.08. The van der Waals surface area contributed by atoms with E-state index in [2.05, 4.69) is 46.5 Å². The molecule has 0 unspecified atom stereocenters. The van der Waals surface area contributed by atoms with Gasteiger partial charge < -0.3 is 10.2 Å². The van der Waals surface area contributed by atoms with Crippen molar-refractivity contribution in [1.82, 2.24) is 15.1 Å². The fourth-order valence-corrected chi connectivity index (χ4v) is 3.52. The Balaban J connectivity index is 0.00000300. The van der Waals surface area contributed by atoms with Gasteiger partial charge in [0.15, 0.2) is 0 Å². The third-order valence-corrected chi connectivity index (χ3v) is 4.98. The normalized spacial score (nSPS) is 10.9. The number of hydrogen-bond donors (Lipinski definition) is 2. The third-order valence-electron chi connectivity index (χ3n) is 4.98. The summed E-state index contributed by atoms with van der Waals surface area (Å²) in [5, 5.41) is 12.0. The zero-order valence-electron chi connectivity index (χ0n) is 17.3. The number of benzene rings is 2. The van der Waals surface area contributed by atoms with Crippen LogP contribution in [-0.4, -0.2) is 41.8 Å². The maximum atomic E-state index is 12.0. The van der Waals surface area contributed by atoms with E-state index in [9.17, 15) is 4.79 Å². The van der Waals surface area contributed by atoms with E-state index in [-0.39, 0.29) is 18.0 Å². The van der Waals surface area contributed by atoms with E-state index in [1.807, 2.05) is 36.4 Å². The van der Waals surface area contributed by atoms with Crippen LogP contribution >= 0.6 is 12.4 Å². The third kappa shape index (κ3) is 6.31. The molecule has 6 heteroatoms. The SMILES string of the molecule is CCCN(C)CCCCCNc1cccc(-c2n[nH]c(=O)c3ccccc23)c1.Cl. The number of H-pyrrole nitrogens is 1. The second-order valence-electron chi connectivity index (χ2n) is 7.32. The molecule has 5 nitrogen and oxygen atoms in total. The molecule has 0 bridgehead atoms. The molecule has 0 radical (unpaired) electrons. The van der Waals surface area contributed by atoms with Gasteiger partial charge in [-0.2, -0.15) is 5.10 Å². The second-order valence-corrected chi connectivity index (χ2v) is 7.32. The average Bonchev–Trinajstić information content (AvgIpc) is 2.71. The summed E-state index contributed by atoms with van der Waals surface area (Å²) in [5.41, 5.74) is 2.73. The smallest absolute Gasteiger partial charge is 0.272 e. The monoisotopic (exact) mass is 414 g/mol. The Morgan fingerprint density at radius 2 is 1.79 bits per heavy atom. The van der Waals surface area contributed by atoms with Crippen molar-refractivity contribution in [1.29, 1.82) is 0 Å². The summed E-state index contributed by atoms with van der Waals surface area (Å²) in [6.45, 7) is 5.54. The number of hydrogen-bond acceptors (Lipinski definition) is 4. The highest BCUT2D eigenvalue weighted by Crippen LogP contribution is 2.26. The topological polar surface area (TPSA) is 61.0 Å². The van der Waals surface area contributed by atoms with Gasteiger partial charge in [0, 0.05) is 23.2 Å². The van der Waals surface area contributed by atoms with Gasteiger partial charge in [-0.15, -0.1) is 12.4 Å². The number of rotatable bonds is 10. The predicted molar refractivity (Wildman–Crippen MR) is 125 cm³/mol. The van der Waals surface area contributed by atoms with Crippen molar-refractivity contribution in [3.63, 3.8) is 0 Å². The van der Waals surface area contributed by atoms with Gasteiger partial charge in [-0.05, 0) is 57.6 Å². The standard InChI is InChI=1S/C23H30N4O.ClH/c1-3-15-27(2)16-8-4-7-14-24-19-11-9-10-18(17-19)22-20-12-5-6-13-21(20)23(28)26-25-22;/h5-6,9-13,17,24H,3-4,7-8,14-16H2,1-2H3,(H,26,28);1H. The zero-order chi connectivity index (χ0) is 19.8. The molecule has 0 aliphatic rings. The summed E-state index contributed by atoms with van der Waals surface area (Å²) >= 11 is 0. The molecular weight excluding hydrogens is 384 g/mol. The first-order valence-corrected chi connectivity index (χ1v) is 10.2. The Morgan fingerprint density at radius 3 is 2.59 bits per heavy atom. The Hall–Kier alpha value is -2.37. The van der Waals surface area contributed by atoms with E-state index < -0.39 is 0 Å². The van der Waals surface area contributed by atoms with Gasteiger partial charge in [-0.25, -0.2) is 5.10 Å². The summed E-state index contributed by atoms with van der Waals surface area (Å²) in [7, 11) is 2.20. The molecule has 0 saturated carbocycles. The lowest BCUT2D eigenvalue weighted by atomic mass is 10.0. The van der Waals surface area contributed by atoms with Crippen LogP contribution in [0.2, 0.25) is 0 Å². The van der Waals surface area contributed by atoms with Crippen molar-refractivity contribution in [3.8, 4) is 11.3 Å². The first-order valence-electron chi connectivity index (χ1n) is 10.2. The van der Waals surface area contributed by atoms with Crippen molar-refractivity contribution in [2.24, 2.45) is 0 Å². The van der Waals surface area contributed by atoms with Crippen molar-refractivity contribution < 1.29 is 0 Å². The average molecular weight is 415 g/mol. The molecule has 0 aliphatic carbocycles. The molecule has 0 amide bonds. The lowest BCUT2D eigenvalue weighted by molar-refractivity contribution is 0.326. The molecule has 3 aromatic rings. The number of aromatic amines is 1. The highest BCUT2D eigenvalue weighted by atomic mass is 35.5. The molecule has 1 aromatic heterocycles. The molecule has 2 aromatic carbocycles. The molecule has 29 heavy (non-hydrogen) atoms. The van der Waals surface area contributed by atoms with Crippen LogP contribution in [-0.2, 0) is 0 Å². The molecule has 0 aliphatic heterocycles. The number of nitrogens with zero attached hydrogens (tertiary/aromatic N) is 2. The molecule has 0 spiro atoms. The molecule has 3 rings (SSSR count). The summed E-state index contributed by atoms with van der Waals surface area (Å²) in [6, 6.07) is 15.8. The highest BCUT2D eigenvalue weighted by molar-refractivity contribution is 5.94. The fourth-order valence-electron chi connectivity index (χ4n) is 3.52. The van der Waals surface area contributed by atoms with E-state index in [0.29, 0.717) is 5.39 Å². The van der Waals surface area contributed by atoms with E-state index in [0.717, 1.165) is 35.3 Å². The minimum Gasteiger partial charge on any atom is -0.385 e. The Bertz CT molecular complexity index is 957. The van der Waals surface area contributed by atoms with Crippen LogP contribution in [0.3, 0.4) is 0 Å². The number of nitrogens with one attached hydrogen (secondary N) is 2. The molecule has 1 heterocycles. The van der Waals surface area contributed by atoms with Gasteiger partial charge in [0.25, 0.3) is 5.56 Å². The molecular formula is C23H31ClN4O. The molecule has 0 fully saturated rings. The first kappa shape index (κ1) is 22.9. The Kier molecular flexibility index (Phi) is 9.16.